The van der Waals surface area contributed by atoms with Crippen LogP contribution >= 0.6 is 15.9 Å². The van der Waals surface area contributed by atoms with Gasteiger partial charge in [0.2, 0.25) is 5.91 Å². The van der Waals surface area contributed by atoms with Gasteiger partial charge in [0.05, 0.1) is 0 Å². The van der Waals surface area contributed by atoms with Crippen molar-refractivity contribution < 1.29 is 4.79 Å². The summed E-state index contributed by atoms with van der Waals surface area (Å²) in [6.07, 6.45) is 9.87. The van der Waals surface area contributed by atoms with E-state index in [4.69, 9.17) is 0 Å². The average molecular weight is 338 g/mol. The van der Waals surface area contributed by atoms with Gasteiger partial charge in [0, 0.05) is 10.2 Å². The molecule has 0 saturated carbocycles. The van der Waals surface area contributed by atoms with Gasteiger partial charge in [0.15, 0.2) is 0 Å². The molecule has 0 aromatic rings. The molecule has 1 unspecified atom stereocenters. The number of rotatable bonds is 6. The van der Waals surface area contributed by atoms with Crippen LogP contribution in [0, 0.1) is 5.92 Å². The third kappa shape index (κ3) is 4.48. The molecule has 1 atom stereocenters. The van der Waals surface area contributed by atoms with Crippen LogP contribution in [0.25, 0.3) is 0 Å². The molecule has 0 aromatic carbocycles. The topological polar surface area (TPSA) is 29.1 Å². The number of allylic oxidation sites excluding steroid dienone is 5. The normalized spacial score (nSPS) is 18.2. The molecule has 2 nitrogen and oxygen atoms in total. The molecule has 0 fully saturated rings. The molecule has 0 heterocycles. The molecule has 0 aromatic heterocycles. The van der Waals surface area contributed by atoms with Crippen LogP contribution in [0.2, 0.25) is 0 Å². The SMILES string of the molecule is C=CC(=O)N/C(=C/C)C1=C(/C(Br)=C\C(C)CC)CCC1. The minimum atomic E-state index is -0.154. The number of amides is 1. The van der Waals surface area contributed by atoms with E-state index < -0.39 is 0 Å². The Morgan fingerprint density at radius 1 is 1.45 bits per heavy atom. The Kier molecular flexibility index (Phi) is 7.00. The largest absolute Gasteiger partial charge is 0.323 e. The predicted molar refractivity (Wildman–Crippen MR) is 89.4 cm³/mol. The van der Waals surface area contributed by atoms with E-state index in [1.807, 2.05) is 13.0 Å². The van der Waals surface area contributed by atoms with Crippen LogP contribution in [0.15, 0.2) is 46.1 Å². The van der Waals surface area contributed by atoms with Crippen LogP contribution in [0.3, 0.4) is 0 Å². The molecule has 110 valence electrons. The van der Waals surface area contributed by atoms with Gasteiger partial charge in [-0.15, -0.1) is 0 Å². The first-order valence-electron chi connectivity index (χ1n) is 7.23. The van der Waals surface area contributed by atoms with Crippen LogP contribution in [0.1, 0.15) is 46.5 Å². The summed E-state index contributed by atoms with van der Waals surface area (Å²) in [4.78, 5) is 11.5. The van der Waals surface area contributed by atoms with Crippen LogP contribution in [0.5, 0.6) is 0 Å². The molecular formula is C17H24BrNO. The summed E-state index contributed by atoms with van der Waals surface area (Å²) in [5.41, 5.74) is 3.48. The molecular weight excluding hydrogens is 314 g/mol. The van der Waals surface area contributed by atoms with Gasteiger partial charge in [-0.1, -0.05) is 54.9 Å². The van der Waals surface area contributed by atoms with Crippen molar-refractivity contribution in [3.8, 4) is 0 Å². The van der Waals surface area contributed by atoms with Crippen LogP contribution < -0.4 is 5.32 Å². The van der Waals surface area contributed by atoms with Crippen molar-refractivity contribution in [2.24, 2.45) is 5.92 Å². The van der Waals surface area contributed by atoms with Crippen LogP contribution in [0.4, 0.5) is 0 Å². The third-order valence-corrected chi connectivity index (χ3v) is 4.38. The second kappa shape index (κ2) is 8.25. The summed E-state index contributed by atoms with van der Waals surface area (Å²) in [6.45, 7) is 9.86. The van der Waals surface area contributed by atoms with E-state index in [0.29, 0.717) is 5.92 Å². The lowest BCUT2D eigenvalue weighted by atomic mass is 10.0. The van der Waals surface area contributed by atoms with Gasteiger partial charge in [-0.2, -0.15) is 0 Å². The Balaban J connectivity index is 3.05. The lowest BCUT2D eigenvalue weighted by Crippen LogP contribution is -2.21. The zero-order valence-electron chi connectivity index (χ0n) is 12.6. The zero-order valence-corrected chi connectivity index (χ0v) is 14.2. The van der Waals surface area contributed by atoms with Crippen molar-refractivity contribution in [3.05, 3.63) is 46.1 Å². The van der Waals surface area contributed by atoms with Crippen molar-refractivity contribution in [1.82, 2.24) is 5.32 Å². The lowest BCUT2D eigenvalue weighted by Gasteiger charge is -2.13. The number of carbonyl (C=O) groups excluding carboxylic acids is 1. The number of hydrogen-bond donors (Lipinski definition) is 1. The summed E-state index contributed by atoms with van der Waals surface area (Å²) >= 11 is 3.71. The average Bonchev–Trinajstić information content (AvgIpc) is 2.93. The Morgan fingerprint density at radius 3 is 2.65 bits per heavy atom. The van der Waals surface area contributed by atoms with Crippen molar-refractivity contribution >= 4 is 21.8 Å². The second-order valence-corrected chi connectivity index (χ2v) is 5.96. The minimum absolute atomic E-state index is 0.154. The molecule has 1 amide bonds. The fourth-order valence-corrected chi connectivity index (χ4v) is 3.17. The molecule has 1 rings (SSSR count). The molecule has 20 heavy (non-hydrogen) atoms. The highest BCUT2D eigenvalue weighted by atomic mass is 79.9. The molecule has 0 radical (unpaired) electrons. The van der Waals surface area contributed by atoms with Crippen molar-refractivity contribution in [3.63, 3.8) is 0 Å². The Labute approximate surface area is 130 Å². The van der Waals surface area contributed by atoms with Gasteiger partial charge in [-0.25, -0.2) is 0 Å². The second-order valence-electron chi connectivity index (χ2n) is 5.11. The summed E-state index contributed by atoms with van der Waals surface area (Å²) in [6, 6.07) is 0. The maximum atomic E-state index is 11.5. The van der Waals surface area contributed by atoms with Gasteiger partial charge < -0.3 is 5.32 Å². The van der Waals surface area contributed by atoms with Gasteiger partial charge in [-0.05, 0) is 49.3 Å². The molecule has 0 spiro atoms. The van der Waals surface area contributed by atoms with Gasteiger partial charge in [-0.3, -0.25) is 4.79 Å². The highest BCUT2D eigenvalue weighted by Crippen LogP contribution is 2.37. The number of nitrogens with one attached hydrogen (secondary N) is 1. The molecule has 0 saturated heterocycles. The molecule has 1 aliphatic rings. The standard InChI is InChI=1S/C17H24BrNO/c1-5-12(4)11-15(18)13-9-8-10-14(13)16(6-2)19-17(20)7-3/h6-7,11-12H,3,5,8-10H2,1-2,4H3,(H,19,20)/b15-11+,16-6+. The van der Waals surface area contributed by atoms with E-state index in [1.54, 1.807) is 0 Å². The first-order chi connectivity index (χ1) is 9.53. The smallest absolute Gasteiger partial charge is 0.247 e. The molecule has 0 bridgehead atoms. The summed E-state index contributed by atoms with van der Waals surface area (Å²) in [5, 5.41) is 2.91. The summed E-state index contributed by atoms with van der Waals surface area (Å²) < 4.78 is 1.17. The fraction of sp³-hybridized carbons (Fsp3) is 0.471. The molecule has 1 N–H and O–H groups in total. The van der Waals surface area contributed by atoms with Gasteiger partial charge >= 0.3 is 0 Å². The molecule has 3 heteroatoms. The quantitative estimate of drug-likeness (QED) is 0.679. The minimum Gasteiger partial charge on any atom is -0.323 e. The first-order valence-corrected chi connectivity index (χ1v) is 8.02. The van der Waals surface area contributed by atoms with E-state index in [0.717, 1.165) is 31.4 Å². The molecule has 1 aliphatic carbocycles. The monoisotopic (exact) mass is 337 g/mol. The Morgan fingerprint density at radius 2 is 2.10 bits per heavy atom. The summed E-state index contributed by atoms with van der Waals surface area (Å²) in [5.74, 6) is 0.398. The first kappa shape index (κ1) is 17.0. The van der Waals surface area contributed by atoms with Gasteiger partial charge in [0.1, 0.15) is 0 Å². The lowest BCUT2D eigenvalue weighted by molar-refractivity contribution is -0.115. The Bertz CT molecular complexity index is 471. The van der Waals surface area contributed by atoms with E-state index >= 15 is 0 Å². The number of carbonyl (C=O) groups is 1. The highest BCUT2D eigenvalue weighted by molar-refractivity contribution is 9.12. The van der Waals surface area contributed by atoms with E-state index in [2.05, 4.69) is 47.7 Å². The van der Waals surface area contributed by atoms with Crippen LogP contribution in [-0.4, -0.2) is 5.91 Å². The number of hydrogen-bond acceptors (Lipinski definition) is 1. The van der Waals surface area contributed by atoms with E-state index in [1.165, 1.54) is 21.7 Å². The van der Waals surface area contributed by atoms with Crippen molar-refractivity contribution in [1.29, 1.82) is 0 Å². The Hall–Kier alpha value is -1.09. The van der Waals surface area contributed by atoms with Crippen molar-refractivity contribution in [2.75, 3.05) is 0 Å². The fourth-order valence-electron chi connectivity index (χ4n) is 2.28. The van der Waals surface area contributed by atoms with E-state index in [-0.39, 0.29) is 5.91 Å². The van der Waals surface area contributed by atoms with Crippen LogP contribution in [-0.2, 0) is 4.79 Å². The van der Waals surface area contributed by atoms with Crippen molar-refractivity contribution in [2.45, 2.75) is 46.5 Å². The number of halogens is 1. The zero-order chi connectivity index (χ0) is 15.1. The maximum Gasteiger partial charge on any atom is 0.247 e. The third-order valence-electron chi connectivity index (χ3n) is 3.64. The predicted octanol–water partition coefficient (Wildman–Crippen LogP) is 5.00. The van der Waals surface area contributed by atoms with Gasteiger partial charge in [0.25, 0.3) is 0 Å². The summed E-state index contributed by atoms with van der Waals surface area (Å²) in [7, 11) is 0. The molecule has 0 aliphatic heterocycles. The maximum absolute atomic E-state index is 11.5. The highest BCUT2D eigenvalue weighted by Gasteiger charge is 2.20. The van der Waals surface area contributed by atoms with E-state index in [9.17, 15) is 4.79 Å².